The standard InChI is InChI=1S/C7H6Br2N/c1-4-2-5(8)7(10)6(9)3-4/h2-3H,1,10H2. The second-order valence-corrected chi connectivity index (χ2v) is 3.68. The van der Waals surface area contributed by atoms with Gasteiger partial charge in [0.05, 0.1) is 5.69 Å². The number of benzene rings is 1. The second-order valence-electron chi connectivity index (χ2n) is 1.97. The molecule has 10 heavy (non-hydrogen) atoms. The quantitative estimate of drug-likeness (QED) is 0.716. The van der Waals surface area contributed by atoms with Gasteiger partial charge in [-0.15, -0.1) is 0 Å². The molecule has 1 radical (unpaired) electrons. The number of nitrogens with two attached hydrogens (primary N) is 1. The molecule has 0 saturated heterocycles. The van der Waals surface area contributed by atoms with Gasteiger partial charge in [0.2, 0.25) is 0 Å². The minimum absolute atomic E-state index is 0.715. The Morgan fingerprint density at radius 2 is 1.60 bits per heavy atom. The van der Waals surface area contributed by atoms with E-state index in [0.717, 1.165) is 14.5 Å². The summed E-state index contributed by atoms with van der Waals surface area (Å²) in [6, 6.07) is 3.75. The SMILES string of the molecule is [CH2]c1cc(Br)c(N)c(Br)c1. The molecule has 0 aliphatic carbocycles. The molecule has 2 N–H and O–H groups in total. The monoisotopic (exact) mass is 262 g/mol. The van der Waals surface area contributed by atoms with Gasteiger partial charge < -0.3 is 5.73 Å². The van der Waals surface area contributed by atoms with Crippen LogP contribution in [0.25, 0.3) is 0 Å². The molecular formula is C7H6Br2N. The van der Waals surface area contributed by atoms with Crippen molar-refractivity contribution < 1.29 is 0 Å². The van der Waals surface area contributed by atoms with Crippen LogP contribution < -0.4 is 5.73 Å². The fourth-order valence-corrected chi connectivity index (χ4v) is 1.92. The third-order valence-electron chi connectivity index (χ3n) is 1.14. The van der Waals surface area contributed by atoms with E-state index in [2.05, 4.69) is 38.8 Å². The topological polar surface area (TPSA) is 26.0 Å². The molecule has 0 atom stereocenters. The van der Waals surface area contributed by atoms with Gasteiger partial charge in [-0.05, 0) is 56.5 Å². The van der Waals surface area contributed by atoms with Gasteiger partial charge in [-0.25, -0.2) is 0 Å². The molecule has 3 heteroatoms. The van der Waals surface area contributed by atoms with E-state index in [9.17, 15) is 0 Å². The number of hydrogen-bond donors (Lipinski definition) is 1. The van der Waals surface area contributed by atoms with Crippen LogP contribution in [0.3, 0.4) is 0 Å². The van der Waals surface area contributed by atoms with Crippen LogP contribution in [0.15, 0.2) is 21.1 Å². The zero-order valence-corrected chi connectivity index (χ0v) is 8.37. The zero-order chi connectivity index (χ0) is 7.72. The van der Waals surface area contributed by atoms with E-state index in [1.807, 2.05) is 12.1 Å². The molecule has 0 amide bonds. The largest absolute Gasteiger partial charge is 0.397 e. The predicted octanol–water partition coefficient (Wildman–Crippen LogP) is 2.98. The van der Waals surface area contributed by atoms with E-state index < -0.39 is 0 Å². The Hall–Kier alpha value is -0.0200. The van der Waals surface area contributed by atoms with Crippen molar-refractivity contribution in [1.29, 1.82) is 0 Å². The maximum absolute atomic E-state index is 5.63. The van der Waals surface area contributed by atoms with Crippen molar-refractivity contribution in [2.75, 3.05) is 5.73 Å². The van der Waals surface area contributed by atoms with E-state index in [1.165, 1.54) is 0 Å². The van der Waals surface area contributed by atoms with Crippen molar-refractivity contribution in [2.45, 2.75) is 0 Å². The molecule has 0 aliphatic heterocycles. The van der Waals surface area contributed by atoms with Crippen molar-refractivity contribution in [2.24, 2.45) is 0 Å². The average Bonchev–Trinajstić information content (AvgIpc) is 1.82. The van der Waals surface area contributed by atoms with Crippen molar-refractivity contribution in [3.8, 4) is 0 Å². The van der Waals surface area contributed by atoms with Crippen LogP contribution in [0, 0.1) is 6.92 Å². The lowest BCUT2D eigenvalue weighted by molar-refractivity contribution is 1.53. The third-order valence-corrected chi connectivity index (χ3v) is 2.45. The summed E-state index contributed by atoms with van der Waals surface area (Å²) in [6.45, 7) is 3.77. The minimum Gasteiger partial charge on any atom is -0.397 e. The fraction of sp³-hybridized carbons (Fsp3) is 0. The Labute approximate surface area is 76.9 Å². The molecule has 0 saturated carbocycles. The Morgan fingerprint density at radius 3 is 2.00 bits per heavy atom. The van der Waals surface area contributed by atoms with E-state index >= 15 is 0 Å². The molecular weight excluding hydrogens is 258 g/mol. The Bertz CT molecular complexity index is 235. The van der Waals surface area contributed by atoms with Gasteiger partial charge in [-0.2, -0.15) is 0 Å². The summed E-state index contributed by atoms with van der Waals surface area (Å²) in [4.78, 5) is 0. The number of rotatable bonds is 0. The first kappa shape index (κ1) is 8.08. The van der Waals surface area contributed by atoms with Gasteiger partial charge in [0.1, 0.15) is 0 Å². The second kappa shape index (κ2) is 2.93. The summed E-state index contributed by atoms with van der Waals surface area (Å²) in [7, 11) is 0. The molecule has 0 aromatic heterocycles. The molecule has 53 valence electrons. The number of hydrogen-bond acceptors (Lipinski definition) is 1. The predicted molar refractivity (Wildman–Crippen MR) is 50.7 cm³/mol. The van der Waals surface area contributed by atoms with Crippen LogP contribution in [-0.2, 0) is 0 Å². The van der Waals surface area contributed by atoms with Gasteiger partial charge in [-0.1, -0.05) is 0 Å². The maximum Gasteiger partial charge on any atom is 0.0603 e. The highest BCUT2D eigenvalue weighted by Gasteiger charge is 1.99. The smallest absolute Gasteiger partial charge is 0.0603 e. The Balaban J connectivity index is 3.31. The highest BCUT2D eigenvalue weighted by Crippen LogP contribution is 2.28. The average molecular weight is 264 g/mol. The van der Waals surface area contributed by atoms with Gasteiger partial charge in [-0.3, -0.25) is 0 Å². The molecule has 1 nitrogen and oxygen atoms in total. The first-order valence-electron chi connectivity index (χ1n) is 2.67. The molecule has 0 heterocycles. The lowest BCUT2D eigenvalue weighted by atomic mass is 10.2. The molecule has 0 bridgehead atoms. The van der Waals surface area contributed by atoms with Crippen molar-refractivity contribution >= 4 is 37.5 Å². The third kappa shape index (κ3) is 1.52. The zero-order valence-electron chi connectivity index (χ0n) is 5.20. The first-order valence-corrected chi connectivity index (χ1v) is 4.26. The molecule has 1 aromatic rings. The maximum atomic E-state index is 5.63. The van der Waals surface area contributed by atoms with Crippen LogP contribution in [0.4, 0.5) is 5.69 Å². The van der Waals surface area contributed by atoms with Gasteiger partial charge in [0.15, 0.2) is 0 Å². The number of anilines is 1. The van der Waals surface area contributed by atoms with E-state index in [-0.39, 0.29) is 0 Å². The Kier molecular flexibility index (Phi) is 2.36. The van der Waals surface area contributed by atoms with Crippen molar-refractivity contribution in [1.82, 2.24) is 0 Å². The lowest BCUT2D eigenvalue weighted by Crippen LogP contribution is -1.88. The highest BCUT2D eigenvalue weighted by atomic mass is 79.9. The van der Waals surface area contributed by atoms with Crippen LogP contribution in [-0.4, -0.2) is 0 Å². The molecule has 1 aromatic carbocycles. The summed E-state index contributed by atoms with van der Waals surface area (Å²) >= 11 is 6.60. The summed E-state index contributed by atoms with van der Waals surface area (Å²) in [6.07, 6.45) is 0. The normalized spacial score (nSPS) is 9.90. The molecule has 1 rings (SSSR count). The highest BCUT2D eigenvalue weighted by molar-refractivity contribution is 9.11. The van der Waals surface area contributed by atoms with E-state index in [1.54, 1.807) is 0 Å². The van der Waals surface area contributed by atoms with Gasteiger partial charge in [0.25, 0.3) is 0 Å². The van der Waals surface area contributed by atoms with Crippen molar-refractivity contribution in [3.05, 3.63) is 33.6 Å². The molecule has 0 fully saturated rings. The molecule has 0 unspecified atom stereocenters. The van der Waals surface area contributed by atoms with Crippen LogP contribution in [0.2, 0.25) is 0 Å². The molecule has 0 spiro atoms. The summed E-state index contributed by atoms with van der Waals surface area (Å²) in [5, 5.41) is 0. The van der Waals surface area contributed by atoms with Crippen LogP contribution in [0.1, 0.15) is 5.56 Å². The first-order chi connectivity index (χ1) is 4.61. The van der Waals surface area contributed by atoms with Crippen molar-refractivity contribution in [3.63, 3.8) is 0 Å². The van der Waals surface area contributed by atoms with Gasteiger partial charge in [0, 0.05) is 8.95 Å². The molecule has 0 aliphatic rings. The minimum atomic E-state index is 0.715. The fourth-order valence-electron chi connectivity index (χ4n) is 0.637. The number of halogens is 2. The number of nitrogen functional groups attached to an aromatic ring is 1. The van der Waals surface area contributed by atoms with E-state index in [4.69, 9.17) is 5.73 Å². The Morgan fingerprint density at radius 1 is 1.20 bits per heavy atom. The summed E-state index contributed by atoms with van der Waals surface area (Å²) < 4.78 is 1.76. The lowest BCUT2D eigenvalue weighted by Gasteiger charge is -2.01. The summed E-state index contributed by atoms with van der Waals surface area (Å²) in [5.41, 5.74) is 7.28. The van der Waals surface area contributed by atoms with Crippen LogP contribution in [0.5, 0.6) is 0 Å². The van der Waals surface area contributed by atoms with Gasteiger partial charge >= 0.3 is 0 Å². The van der Waals surface area contributed by atoms with Crippen LogP contribution >= 0.6 is 31.9 Å². The van der Waals surface area contributed by atoms with E-state index in [0.29, 0.717) is 5.69 Å². The summed E-state index contributed by atoms with van der Waals surface area (Å²) in [5.74, 6) is 0.